The number of anilines is 1. The molecular weight excluding hydrogens is 993 g/mol. The first-order chi connectivity index (χ1) is 35.7. The molecule has 74 heavy (non-hydrogen) atoms. The Labute approximate surface area is 438 Å². The predicted molar refractivity (Wildman–Crippen MR) is 288 cm³/mol. The molecule has 20 heteroatoms. The lowest BCUT2D eigenvalue weighted by molar-refractivity contribution is -0.161. The van der Waals surface area contributed by atoms with Crippen molar-refractivity contribution in [1.82, 2.24) is 9.55 Å². The number of aliphatic hydroxyl groups excluding tert-OH is 2. The summed E-state index contributed by atoms with van der Waals surface area (Å²) in [5, 5.41) is 20.9. The molecule has 1 aliphatic heterocycles. The van der Waals surface area contributed by atoms with Crippen molar-refractivity contribution in [1.29, 1.82) is 0 Å². The van der Waals surface area contributed by atoms with E-state index in [0.29, 0.717) is 25.7 Å². The quantitative estimate of drug-likeness (QED) is 0.0177. The molecule has 18 nitrogen and oxygen atoms in total. The molecule has 7 atom stereocenters. The van der Waals surface area contributed by atoms with Gasteiger partial charge in [-0.3, -0.25) is 23.2 Å². The smallest absolute Gasteiger partial charge is 0.462 e. The Morgan fingerprint density at radius 1 is 0.649 bits per heavy atom. The molecule has 1 aromatic rings. The zero-order valence-corrected chi connectivity index (χ0v) is 45.1. The molecule has 0 radical (unpaired) electrons. The summed E-state index contributed by atoms with van der Waals surface area (Å²) in [5.74, 6) is -1.48. The molecule has 414 valence electrons. The number of carbonyl (C=O) groups is 2. The van der Waals surface area contributed by atoms with Crippen molar-refractivity contribution in [3.8, 4) is 0 Å². The minimum atomic E-state index is -5.46. The summed E-state index contributed by atoms with van der Waals surface area (Å²) in [7, 11) is -10.9. The summed E-state index contributed by atoms with van der Waals surface area (Å²) in [5.41, 5.74) is 4.58. The summed E-state index contributed by atoms with van der Waals surface area (Å²) in [6, 6.07) is 1.24. The van der Waals surface area contributed by atoms with Crippen LogP contribution in [0, 0.1) is 0 Å². The number of phosphoric ester groups is 2. The number of nitrogen functional groups attached to an aromatic ring is 1. The van der Waals surface area contributed by atoms with Crippen LogP contribution in [-0.2, 0) is 46.3 Å². The average molecular weight is 1080 g/mol. The van der Waals surface area contributed by atoms with E-state index in [1.54, 1.807) is 6.08 Å². The van der Waals surface area contributed by atoms with E-state index in [0.717, 1.165) is 62.1 Å². The van der Waals surface area contributed by atoms with Crippen molar-refractivity contribution in [2.75, 3.05) is 25.6 Å². The van der Waals surface area contributed by atoms with Crippen LogP contribution in [0.5, 0.6) is 0 Å². The van der Waals surface area contributed by atoms with E-state index in [1.807, 2.05) is 30.4 Å². The molecule has 1 aliphatic rings. The number of nitrogens with zero attached hydrogens (tertiary/aromatic N) is 2. The van der Waals surface area contributed by atoms with Gasteiger partial charge < -0.3 is 39.9 Å². The van der Waals surface area contributed by atoms with Gasteiger partial charge in [0, 0.05) is 19.0 Å². The fraction of sp³-hybridized carbons (Fsp3) is 0.556. The van der Waals surface area contributed by atoms with Crippen molar-refractivity contribution in [3.63, 3.8) is 0 Å². The van der Waals surface area contributed by atoms with Crippen LogP contribution in [0.3, 0.4) is 0 Å². The maximum Gasteiger partial charge on any atom is 0.481 e. The summed E-state index contributed by atoms with van der Waals surface area (Å²) in [6.45, 7) is 1.96. The maximum atomic E-state index is 12.9. The molecule has 1 fully saturated rings. The Morgan fingerprint density at radius 2 is 1.11 bits per heavy atom. The van der Waals surface area contributed by atoms with E-state index in [2.05, 4.69) is 96.1 Å². The normalized spacial score (nSPS) is 19.8. The number of hydrogen-bond acceptors (Lipinski definition) is 15. The van der Waals surface area contributed by atoms with Crippen LogP contribution in [0.2, 0.25) is 0 Å². The number of aromatic nitrogens is 2. The fourth-order valence-corrected chi connectivity index (χ4v) is 8.93. The van der Waals surface area contributed by atoms with Gasteiger partial charge in [-0.05, 0) is 96.0 Å². The van der Waals surface area contributed by atoms with Crippen LogP contribution in [0.1, 0.15) is 148 Å². The van der Waals surface area contributed by atoms with Crippen LogP contribution in [-0.4, -0.2) is 85.7 Å². The van der Waals surface area contributed by atoms with Gasteiger partial charge in [-0.15, -0.1) is 0 Å². The van der Waals surface area contributed by atoms with E-state index in [-0.39, 0.29) is 18.7 Å². The monoisotopic (exact) mass is 1080 g/mol. The maximum absolute atomic E-state index is 12.9. The Hall–Kier alpha value is -4.58. The first-order valence-corrected chi connectivity index (χ1v) is 28.9. The van der Waals surface area contributed by atoms with Gasteiger partial charge in [0.2, 0.25) is 0 Å². The summed E-state index contributed by atoms with van der Waals surface area (Å²) in [4.78, 5) is 61.9. The third-order valence-electron chi connectivity index (χ3n) is 10.8. The van der Waals surface area contributed by atoms with Gasteiger partial charge in [0.05, 0.1) is 13.2 Å². The molecule has 0 saturated carbocycles. The van der Waals surface area contributed by atoms with Crippen LogP contribution >= 0.6 is 15.6 Å². The highest BCUT2D eigenvalue weighted by Crippen LogP contribution is 2.60. The van der Waals surface area contributed by atoms with Crippen molar-refractivity contribution < 1.29 is 66.3 Å². The minimum Gasteiger partial charge on any atom is -0.462 e. The molecule has 2 heterocycles. The molecule has 1 aromatic heterocycles. The van der Waals surface area contributed by atoms with E-state index in [9.17, 15) is 43.5 Å². The largest absolute Gasteiger partial charge is 0.481 e. The molecule has 1 saturated heterocycles. The third kappa shape index (κ3) is 32.7. The Bertz CT molecular complexity index is 2170. The zero-order chi connectivity index (χ0) is 54.1. The lowest BCUT2D eigenvalue weighted by Crippen LogP contribution is -2.36. The van der Waals surface area contributed by atoms with Crippen molar-refractivity contribution in [2.45, 2.75) is 173 Å². The van der Waals surface area contributed by atoms with Crippen molar-refractivity contribution in [2.24, 2.45) is 0 Å². The number of unbranched alkanes of at least 4 members (excludes halogenated alkanes) is 7. The number of hydrogen-bond donors (Lipinski definition) is 5. The second-order valence-electron chi connectivity index (χ2n) is 17.3. The number of nitrogens with two attached hydrogens (primary N) is 1. The van der Waals surface area contributed by atoms with E-state index in [4.69, 9.17) is 29.0 Å². The van der Waals surface area contributed by atoms with Crippen LogP contribution in [0.25, 0.3) is 0 Å². The van der Waals surface area contributed by atoms with Gasteiger partial charge in [0.15, 0.2) is 12.3 Å². The Kier molecular flexibility index (Phi) is 36.0. The standard InChI is InChI=1S/C54H83N3O15P2/c1-3-5-7-9-11-13-15-17-19-21-22-24-26-28-30-32-34-36-38-40-50(59)70-46(43-67-49(58)39-37-35-33-31-29-27-25-23-20-18-16-14-12-10-8-6-4-2)44-68-73(63,64)72-74(65,66)69-45-47-51(60)52(61)53(71-47)57-42-41-48(55)56-54(57)62/h11-14,17-20,22,24-25,27-28,30-31,33-34,36,41-42,46-47,51-53,60-61H,3-10,15-16,21,23,26,29,32,35,37-40,43-45H2,1-2H3,(H,63,64)(H,65,66)(H2,55,56,62)/b13-11-,14-12-,19-17-,20-18-,24-22-,27-25-,30-28-,33-31-,36-34-/t46-,47-,51+,52?,53-/m1/s1. The lowest BCUT2D eigenvalue weighted by atomic mass is 10.1. The van der Waals surface area contributed by atoms with E-state index in [1.165, 1.54) is 44.6 Å². The molecule has 0 amide bonds. The number of ether oxygens (including phenoxy) is 3. The highest BCUT2D eigenvalue weighted by atomic mass is 31.3. The third-order valence-corrected chi connectivity index (χ3v) is 13.4. The molecule has 0 spiro atoms. The van der Waals surface area contributed by atoms with Crippen LogP contribution < -0.4 is 11.4 Å². The molecule has 6 N–H and O–H groups in total. The topological polar surface area (TPSA) is 265 Å². The molecule has 0 bridgehead atoms. The molecule has 3 unspecified atom stereocenters. The number of aliphatic hydroxyl groups is 2. The Balaban J connectivity index is 1.86. The summed E-state index contributed by atoms with van der Waals surface area (Å²) in [6.07, 6.45) is 47.6. The highest BCUT2D eigenvalue weighted by molar-refractivity contribution is 7.61. The second-order valence-corrected chi connectivity index (χ2v) is 20.4. The number of carbonyl (C=O) groups excluding carboxylic acids is 2. The fourth-order valence-electron chi connectivity index (χ4n) is 6.82. The van der Waals surface area contributed by atoms with Crippen molar-refractivity contribution in [3.05, 3.63) is 132 Å². The molecule has 0 aliphatic carbocycles. The molecule has 0 aromatic carbocycles. The van der Waals surface area contributed by atoms with Gasteiger partial charge in [-0.2, -0.15) is 9.29 Å². The summed E-state index contributed by atoms with van der Waals surface area (Å²) >= 11 is 0. The van der Waals surface area contributed by atoms with Gasteiger partial charge in [-0.25, -0.2) is 13.9 Å². The minimum absolute atomic E-state index is 0.0290. The summed E-state index contributed by atoms with van der Waals surface area (Å²) < 4.78 is 56.6. The Morgan fingerprint density at radius 3 is 1.59 bits per heavy atom. The average Bonchev–Trinajstić information content (AvgIpc) is 3.64. The van der Waals surface area contributed by atoms with Gasteiger partial charge >= 0.3 is 33.3 Å². The number of phosphoric acid groups is 2. The first kappa shape index (κ1) is 65.5. The van der Waals surface area contributed by atoms with Gasteiger partial charge in [-0.1, -0.05) is 149 Å². The number of esters is 2. The first-order valence-electron chi connectivity index (χ1n) is 25.9. The van der Waals surface area contributed by atoms with Gasteiger partial charge in [0.25, 0.3) is 0 Å². The number of allylic oxidation sites excluding steroid dienone is 18. The van der Waals surface area contributed by atoms with Crippen LogP contribution in [0.4, 0.5) is 5.82 Å². The number of rotatable bonds is 41. The lowest BCUT2D eigenvalue weighted by Gasteiger charge is -2.21. The molecule has 2 rings (SSSR count). The van der Waals surface area contributed by atoms with E-state index >= 15 is 0 Å². The van der Waals surface area contributed by atoms with Crippen LogP contribution in [0.15, 0.2) is 126 Å². The second kappa shape index (κ2) is 40.7. The van der Waals surface area contributed by atoms with Gasteiger partial charge in [0.1, 0.15) is 30.7 Å². The highest BCUT2D eigenvalue weighted by Gasteiger charge is 2.46. The predicted octanol–water partition coefficient (Wildman–Crippen LogP) is 11.0. The SMILES string of the molecule is CCCCC/C=C\C/C=C\C/C=C\C/C=C\C/C=C\CCC(=O)O[C@H](COC(=O)CCC/C=C\C/C=C\C/C=C\C/C=C\CCCCC)COP(=O)(O)OP(=O)(O)OC[C@H]1O[C@@H](n2ccc(N)nc2=O)C(O)[C@H]1O. The van der Waals surface area contributed by atoms with Crippen molar-refractivity contribution >= 4 is 33.4 Å². The van der Waals surface area contributed by atoms with E-state index < -0.39 is 83.7 Å². The zero-order valence-electron chi connectivity index (χ0n) is 43.3. The molecular formula is C54H83N3O15P2.